The van der Waals surface area contributed by atoms with E-state index in [1.807, 2.05) is 0 Å². The number of nitrogens with one attached hydrogen (secondary N) is 1. The van der Waals surface area contributed by atoms with Crippen LogP contribution in [0, 0.1) is 0 Å². The Balaban J connectivity index is 2.88. The van der Waals surface area contributed by atoms with Crippen LogP contribution in [0.3, 0.4) is 0 Å². The minimum absolute atomic E-state index is 0.266. The number of hydrogen-bond donors (Lipinski definition) is 1. The van der Waals surface area contributed by atoms with Crippen LogP contribution in [0.1, 0.15) is 0 Å². The van der Waals surface area contributed by atoms with E-state index in [4.69, 9.17) is 0 Å². The van der Waals surface area contributed by atoms with Gasteiger partial charge in [0, 0.05) is 19.8 Å². The van der Waals surface area contributed by atoms with Crippen molar-refractivity contribution in [3.05, 3.63) is 23.5 Å². The van der Waals surface area contributed by atoms with E-state index in [0.717, 1.165) is 11.8 Å². The lowest BCUT2D eigenvalue weighted by Crippen LogP contribution is -2.34. The number of likely N-dealkylation sites (N-methyl/N-ethyl adjacent to an activating group) is 2. The van der Waals surface area contributed by atoms with Crippen molar-refractivity contribution in [1.82, 2.24) is 10.2 Å². The first-order chi connectivity index (χ1) is 5.95. The molecule has 1 aliphatic heterocycles. The molecule has 0 aromatic rings. The molecule has 0 aromatic heterocycles. The third kappa shape index (κ3) is 2.17. The lowest BCUT2D eigenvalue weighted by Gasteiger charge is -2.28. The molecule has 0 aliphatic carbocycles. The van der Waals surface area contributed by atoms with Gasteiger partial charge in [-0.05, 0) is 12.2 Å². The Morgan fingerprint density at radius 1 is 1.38 bits per heavy atom. The number of allylic oxidation sites excluding steroid dienone is 3. The van der Waals surface area contributed by atoms with Gasteiger partial charge in [-0.15, -0.1) is 0 Å². The van der Waals surface area contributed by atoms with Gasteiger partial charge in [-0.2, -0.15) is 13.2 Å². The summed E-state index contributed by atoms with van der Waals surface area (Å²) in [5.74, 6) is 0. The van der Waals surface area contributed by atoms with Gasteiger partial charge in [0.15, 0.2) is 0 Å². The van der Waals surface area contributed by atoms with Gasteiger partial charge in [0.05, 0.1) is 6.54 Å². The Labute approximate surface area is 74.7 Å². The molecule has 1 rings (SSSR count). The van der Waals surface area contributed by atoms with E-state index in [1.165, 1.54) is 18.0 Å². The minimum atomic E-state index is -4.26. The fourth-order valence-electron chi connectivity index (χ4n) is 1.17. The van der Waals surface area contributed by atoms with Crippen LogP contribution in [0.25, 0.3) is 0 Å². The summed E-state index contributed by atoms with van der Waals surface area (Å²) in [5, 5.41) is 2.81. The fourth-order valence-corrected chi connectivity index (χ4v) is 1.17. The SMILES string of the molecule is CNC1=CC=C(C(F)(F)F)N(C)C1. The van der Waals surface area contributed by atoms with Crippen molar-refractivity contribution in [3.8, 4) is 0 Å². The molecule has 13 heavy (non-hydrogen) atoms. The molecule has 0 saturated carbocycles. The van der Waals surface area contributed by atoms with Crippen molar-refractivity contribution in [1.29, 1.82) is 0 Å². The summed E-state index contributed by atoms with van der Waals surface area (Å²) in [6, 6.07) is 0. The molecule has 1 aliphatic rings. The van der Waals surface area contributed by atoms with Crippen LogP contribution >= 0.6 is 0 Å². The van der Waals surface area contributed by atoms with Crippen LogP contribution < -0.4 is 5.32 Å². The third-order valence-electron chi connectivity index (χ3n) is 1.87. The van der Waals surface area contributed by atoms with Gasteiger partial charge in [0.2, 0.25) is 0 Å². The van der Waals surface area contributed by atoms with Crippen LogP contribution in [0.4, 0.5) is 13.2 Å². The number of halogens is 3. The minimum Gasteiger partial charge on any atom is -0.390 e. The monoisotopic (exact) mass is 192 g/mol. The van der Waals surface area contributed by atoms with Gasteiger partial charge in [-0.3, -0.25) is 0 Å². The van der Waals surface area contributed by atoms with Gasteiger partial charge < -0.3 is 10.2 Å². The summed E-state index contributed by atoms with van der Waals surface area (Å²) in [5.41, 5.74) is 0.169. The Morgan fingerprint density at radius 3 is 2.38 bits per heavy atom. The predicted molar refractivity (Wildman–Crippen MR) is 43.9 cm³/mol. The topological polar surface area (TPSA) is 15.3 Å². The molecule has 0 fully saturated rings. The second-order valence-electron chi connectivity index (χ2n) is 2.85. The maximum atomic E-state index is 12.3. The first-order valence-electron chi connectivity index (χ1n) is 3.82. The summed E-state index contributed by atoms with van der Waals surface area (Å²) in [6.45, 7) is 0.266. The van der Waals surface area contributed by atoms with Crippen LogP contribution in [-0.4, -0.2) is 31.7 Å². The highest BCUT2D eigenvalue weighted by Gasteiger charge is 2.37. The maximum absolute atomic E-state index is 12.3. The number of hydrogen-bond acceptors (Lipinski definition) is 2. The molecule has 0 radical (unpaired) electrons. The third-order valence-corrected chi connectivity index (χ3v) is 1.87. The van der Waals surface area contributed by atoms with Crippen molar-refractivity contribution < 1.29 is 13.2 Å². The van der Waals surface area contributed by atoms with E-state index in [2.05, 4.69) is 5.32 Å². The predicted octanol–water partition coefficient (Wildman–Crippen LogP) is 1.48. The van der Waals surface area contributed by atoms with Gasteiger partial charge in [0.1, 0.15) is 5.70 Å². The average molecular weight is 192 g/mol. The highest BCUT2D eigenvalue weighted by atomic mass is 19.4. The highest BCUT2D eigenvalue weighted by Crippen LogP contribution is 2.29. The van der Waals surface area contributed by atoms with Crippen LogP contribution in [0.15, 0.2) is 23.5 Å². The average Bonchev–Trinajstić information content (AvgIpc) is 2.01. The Morgan fingerprint density at radius 2 is 2.00 bits per heavy atom. The van der Waals surface area contributed by atoms with Gasteiger partial charge >= 0.3 is 6.18 Å². The van der Waals surface area contributed by atoms with E-state index in [9.17, 15) is 13.2 Å². The summed E-state index contributed by atoms with van der Waals surface area (Å²) in [7, 11) is 3.11. The summed E-state index contributed by atoms with van der Waals surface area (Å²) in [4.78, 5) is 1.17. The molecule has 0 saturated heterocycles. The molecule has 5 heteroatoms. The molecule has 0 atom stereocenters. The lowest BCUT2D eigenvalue weighted by atomic mass is 10.2. The van der Waals surface area contributed by atoms with Crippen molar-refractivity contribution in [3.63, 3.8) is 0 Å². The fraction of sp³-hybridized carbons (Fsp3) is 0.500. The van der Waals surface area contributed by atoms with E-state index in [1.54, 1.807) is 7.05 Å². The second kappa shape index (κ2) is 3.32. The van der Waals surface area contributed by atoms with Crippen molar-refractivity contribution >= 4 is 0 Å². The first-order valence-corrected chi connectivity index (χ1v) is 3.82. The Kier molecular flexibility index (Phi) is 2.54. The molecule has 1 heterocycles. The van der Waals surface area contributed by atoms with E-state index in [-0.39, 0.29) is 6.54 Å². The molecule has 2 nitrogen and oxygen atoms in total. The zero-order chi connectivity index (χ0) is 10.1. The zero-order valence-electron chi connectivity index (χ0n) is 7.44. The highest BCUT2D eigenvalue weighted by molar-refractivity contribution is 5.25. The molecular weight excluding hydrogens is 181 g/mol. The van der Waals surface area contributed by atoms with Crippen molar-refractivity contribution in [2.24, 2.45) is 0 Å². The quantitative estimate of drug-likeness (QED) is 0.677. The molecule has 74 valence electrons. The maximum Gasteiger partial charge on any atom is 0.431 e. The molecule has 0 unspecified atom stereocenters. The summed E-state index contributed by atoms with van der Waals surface area (Å²) >= 11 is 0. The molecule has 0 spiro atoms. The van der Waals surface area contributed by atoms with Gasteiger partial charge in [0.25, 0.3) is 0 Å². The zero-order valence-corrected chi connectivity index (χ0v) is 7.44. The molecule has 0 amide bonds. The van der Waals surface area contributed by atoms with Crippen molar-refractivity contribution in [2.45, 2.75) is 6.18 Å². The number of nitrogens with zero attached hydrogens (tertiary/aromatic N) is 1. The number of alkyl halides is 3. The smallest absolute Gasteiger partial charge is 0.390 e. The first kappa shape index (κ1) is 9.95. The van der Waals surface area contributed by atoms with Crippen LogP contribution in [-0.2, 0) is 0 Å². The van der Waals surface area contributed by atoms with Crippen LogP contribution in [0.2, 0.25) is 0 Å². The lowest BCUT2D eigenvalue weighted by molar-refractivity contribution is -0.109. The largest absolute Gasteiger partial charge is 0.431 e. The molecular formula is C8H11F3N2. The van der Waals surface area contributed by atoms with E-state index in [0.29, 0.717) is 0 Å². The van der Waals surface area contributed by atoms with Gasteiger partial charge in [-0.25, -0.2) is 0 Å². The molecule has 0 aromatic carbocycles. The molecule has 0 bridgehead atoms. The van der Waals surface area contributed by atoms with E-state index >= 15 is 0 Å². The van der Waals surface area contributed by atoms with E-state index < -0.39 is 11.9 Å². The summed E-state index contributed by atoms with van der Waals surface area (Å²) < 4.78 is 36.8. The molecule has 1 N–H and O–H groups in total. The normalized spacial score (nSPS) is 18.1. The Bertz CT molecular complexity index is 253. The van der Waals surface area contributed by atoms with Crippen LogP contribution in [0.5, 0.6) is 0 Å². The number of rotatable bonds is 1. The van der Waals surface area contributed by atoms with Crippen molar-refractivity contribution in [2.75, 3.05) is 20.6 Å². The second-order valence-corrected chi connectivity index (χ2v) is 2.85. The summed E-state index contributed by atoms with van der Waals surface area (Å²) in [6.07, 6.45) is -1.73. The Hall–Kier alpha value is -1.13. The van der Waals surface area contributed by atoms with Gasteiger partial charge in [-0.1, -0.05) is 0 Å². The standard InChI is InChI=1S/C8H11F3N2/c1-12-6-3-4-7(8(9,10)11)13(2)5-6/h3-4,12H,5H2,1-2H3.